The lowest BCUT2D eigenvalue weighted by Crippen LogP contribution is -2.34. The molecule has 2 heterocycles. The third-order valence-corrected chi connectivity index (χ3v) is 4.60. The van der Waals surface area contributed by atoms with Crippen LogP contribution in [0.4, 0.5) is 14.5 Å². The largest absolute Gasteiger partial charge is 0.466 e. The SMILES string of the molecule is Cc1cc(C(C)NC(=O)C2CC(=O)N(c3ccc(F)cc3F)C2)c(C)o1. The quantitative estimate of drug-likeness (QED) is 0.907. The van der Waals surface area contributed by atoms with E-state index in [1.54, 1.807) is 0 Å². The monoisotopic (exact) mass is 362 g/mol. The van der Waals surface area contributed by atoms with Gasteiger partial charge in [0.05, 0.1) is 17.6 Å². The molecule has 1 aromatic heterocycles. The number of furan rings is 1. The minimum absolute atomic E-state index is 0.0129. The molecule has 0 radical (unpaired) electrons. The average Bonchev–Trinajstić information content (AvgIpc) is 3.10. The number of amides is 2. The number of carbonyl (C=O) groups is 2. The minimum atomic E-state index is -0.822. The Morgan fingerprint density at radius 2 is 2.04 bits per heavy atom. The number of halogens is 2. The standard InChI is InChI=1S/C19H20F2N2O3/c1-10-6-15(12(3)26-10)11(2)22-19(25)13-7-18(24)23(9-13)17-5-4-14(20)8-16(17)21/h4-6,8,11,13H,7,9H2,1-3H3,(H,22,25). The van der Waals surface area contributed by atoms with Gasteiger partial charge in [0.25, 0.3) is 0 Å². The van der Waals surface area contributed by atoms with E-state index >= 15 is 0 Å². The number of rotatable bonds is 4. The minimum Gasteiger partial charge on any atom is -0.466 e. The van der Waals surface area contributed by atoms with Crippen molar-refractivity contribution < 1.29 is 22.8 Å². The van der Waals surface area contributed by atoms with Crippen molar-refractivity contribution in [3.63, 3.8) is 0 Å². The van der Waals surface area contributed by atoms with E-state index in [4.69, 9.17) is 4.42 Å². The van der Waals surface area contributed by atoms with Gasteiger partial charge in [-0.05, 0) is 39.0 Å². The molecule has 1 aliphatic heterocycles. The molecular weight excluding hydrogens is 342 g/mol. The zero-order valence-corrected chi connectivity index (χ0v) is 14.8. The van der Waals surface area contributed by atoms with Crippen LogP contribution in [0.2, 0.25) is 0 Å². The highest BCUT2D eigenvalue weighted by atomic mass is 19.1. The summed E-state index contributed by atoms with van der Waals surface area (Å²) in [7, 11) is 0. The summed E-state index contributed by atoms with van der Waals surface area (Å²) in [6.45, 7) is 5.55. The van der Waals surface area contributed by atoms with Crippen LogP contribution in [0.3, 0.4) is 0 Å². The van der Waals surface area contributed by atoms with E-state index in [0.717, 1.165) is 29.2 Å². The second kappa shape index (κ2) is 6.90. The molecule has 2 aromatic rings. The number of anilines is 1. The van der Waals surface area contributed by atoms with Crippen LogP contribution in [0.15, 0.2) is 28.7 Å². The van der Waals surface area contributed by atoms with Crippen molar-refractivity contribution in [2.24, 2.45) is 5.92 Å². The van der Waals surface area contributed by atoms with Gasteiger partial charge in [-0.3, -0.25) is 9.59 Å². The Morgan fingerprint density at radius 1 is 1.31 bits per heavy atom. The van der Waals surface area contributed by atoms with E-state index in [0.29, 0.717) is 0 Å². The summed E-state index contributed by atoms with van der Waals surface area (Å²) in [6, 6.07) is 4.61. The zero-order valence-electron chi connectivity index (χ0n) is 14.8. The Labute approximate surface area is 150 Å². The lowest BCUT2D eigenvalue weighted by atomic mass is 10.1. The molecular formula is C19H20F2N2O3. The van der Waals surface area contributed by atoms with Gasteiger partial charge in [0.2, 0.25) is 11.8 Å². The van der Waals surface area contributed by atoms with Crippen LogP contribution in [0.1, 0.15) is 36.5 Å². The van der Waals surface area contributed by atoms with Gasteiger partial charge < -0.3 is 14.6 Å². The molecule has 1 aromatic carbocycles. The van der Waals surface area contributed by atoms with E-state index in [1.807, 2.05) is 26.8 Å². The number of nitrogens with one attached hydrogen (secondary N) is 1. The Balaban J connectivity index is 1.70. The van der Waals surface area contributed by atoms with Gasteiger partial charge in [0.1, 0.15) is 23.2 Å². The van der Waals surface area contributed by atoms with Gasteiger partial charge in [-0.15, -0.1) is 0 Å². The van der Waals surface area contributed by atoms with Crippen LogP contribution >= 0.6 is 0 Å². The Bertz CT molecular complexity index is 862. The smallest absolute Gasteiger partial charge is 0.227 e. The normalized spacial score (nSPS) is 18.3. The molecule has 26 heavy (non-hydrogen) atoms. The Kier molecular flexibility index (Phi) is 4.80. The van der Waals surface area contributed by atoms with Crippen molar-refractivity contribution >= 4 is 17.5 Å². The van der Waals surface area contributed by atoms with Crippen LogP contribution in [0, 0.1) is 31.4 Å². The molecule has 0 saturated carbocycles. The fraction of sp³-hybridized carbons (Fsp3) is 0.368. The van der Waals surface area contributed by atoms with Crippen molar-refractivity contribution in [3.8, 4) is 0 Å². The molecule has 7 heteroatoms. The molecule has 2 atom stereocenters. The first kappa shape index (κ1) is 18.1. The lowest BCUT2D eigenvalue weighted by Gasteiger charge is -2.19. The van der Waals surface area contributed by atoms with Crippen LogP contribution in [-0.2, 0) is 9.59 Å². The molecule has 2 unspecified atom stereocenters. The third-order valence-electron chi connectivity index (χ3n) is 4.60. The summed E-state index contributed by atoms with van der Waals surface area (Å²) in [6.07, 6.45) is -0.0151. The summed E-state index contributed by atoms with van der Waals surface area (Å²) >= 11 is 0. The van der Waals surface area contributed by atoms with Gasteiger partial charge in [0.15, 0.2) is 0 Å². The van der Waals surface area contributed by atoms with Gasteiger partial charge in [-0.25, -0.2) is 8.78 Å². The van der Waals surface area contributed by atoms with Crippen molar-refractivity contribution in [1.29, 1.82) is 0 Å². The number of hydrogen-bond donors (Lipinski definition) is 1. The maximum atomic E-state index is 13.9. The van der Waals surface area contributed by atoms with E-state index in [1.165, 1.54) is 11.0 Å². The van der Waals surface area contributed by atoms with E-state index < -0.39 is 17.6 Å². The molecule has 0 spiro atoms. The average molecular weight is 362 g/mol. The second-order valence-corrected chi connectivity index (χ2v) is 6.60. The zero-order chi connectivity index (χ0) is 19.0. The van der Waals surface area contributed by atoms with Crippen LogP contribution in [-0.4, -0.2) is 18.4 Å². The van der Waals surface area contributed by atoms with Gasteiger partial charge in [-0.1, -0.05) is 0 Å². The van der Waals surface area contributed by atoms with Gasteiger partial charge >= 0.3 is 0 Å². The van der Waals surface area contributed by atoms with Crippen molar-refractivity contribution in [3.05, 3.63) is 53.0 Å². The van der Waals surface area contributed by atoms with E-state index in [-0.39, 0.29) is 36.5 Å². The molecule has 1 saturated heterocycles. The maximum absolute atomic E-state index is 13.9. The summed E-state index contributed by atoms with van der Waals surface area (Å²) in [5.74, 6) is -1.29. The molecule has 5 nitrogen and oxygen atoms in total. The van der Waals surface area contributed by atoms with Crippen molar-refractivity contribution in [2.45, 2.75) is 33.2 Å². The van der Waals surface area contributed by atoms with Crippen molar-refractivity contribution in [2.75, 3.05) is 11.4 Å². The maximum Gasteiger partial charge on any atom is 0.227 e. The van der Waals surface area contributed by atoms with E-state index in [9.17, 15) is 18.4 Å². The highest BCUT2D eigenvalue weighted by molar-refractivity contribution is 6.00. The van der Waals surface area contributed by atoms with Crippen LogP contribution < -0.4 is 10.2 Å². The number of benzene rings is 1. The topological polar surface area (TPSA) is 62.6 Å². The fourth-order valence-corrected chi connectivity index (χ4v) is 3.31. The Hall–Kier alpha value is -2.70. The number of carbonyl (C=O) groups excluding carboxylic acids is 2. The first-order chi connectivity index (χ1) is 12.3. The number of aryl methyl sites for hydroxylation is 2. The predicted octanol–water partition coefficient (Wildman–Crippen LogP) is 3.40. The highest BCUT2D eigenvalue weighted by Crippen LogP contribution is 2.29. The lowest BCUT2D eigenvalue weighted by molar-refractivity contribution is -0.126. The molecule has 1 fully saturated rings. The third kappa shape index (κ3) is 3.47. The molecule has 0 bridgehead atoms. The van der Waals surface area contributed by atoms with Gasteiger partial charge in [-0.2, -0.15) is 0 Å². The van der Waals surface area contributed by atoms with Crippen molar-refractivity contribution in [1.82, 2.24) is 5.32 Å². The highest BCUT2D eigenvalue weighted by Gasteiger charge is 2.36. The summed E-state index contributed by atoms with van der Waals surface area (Å²) in [5.41, 5.74) is 0.864. The molecule has 1 aliphatic rings. The summed E-state index contributed by atoms with van der Waals surface area (Å²) in [4.78, 5) is 25.9. The first-order valence-electron chi connectivity index (χ1n) is 8.39. The number of nitrogens with zero attached hydrogens (tertiary/aromatic N) is 1. The Morgan fingerprint density at radius 3 is 2.65 bits per heavy atom. The molecule has 138 valence electrons. The molecule has 1 N–H and O–H groups in total. The molecule has 3 rings (SSSR count). The predicted molar refractivity (Wildman–Crippen MR) is 91.6 cm³/mol. The van der Waals surface area contributed by atoms with Crippen LogP contribution in [0.5, 0.6) is 0 Å². The van der Waals surface area contributed by atoms with Crippen LogP contribution in [0.25, 0.3) is 0 Å². The first-order valence-corrected chi connectivity index (χ1v) is 8.39. The molecule has 2 amide bonds. The molecule has 0 aliphatic carbocycles. The second-order valence-electron chi connectivity index (χ2n) is 6.60. The summed E-state index contributed by atoms with van der Waals surface area (Å²) < 4.78 is 32.5. The summed E-state index contributed by atoms with van der Waals surface area (Å²) in [5, 5.41) is 2.88. The van der Waals surface area contributed by atoms with Gasteiger partial charge in [0, 0.05) is 24.6 Å². The van der Waals surface area contributed by atoms with E-state index in [2.05, 4.69) is 5.32 Å². The fourth-order valence-electron chi connectivity index (χ4n) is 3.31. The number of hydrogen-bond acceptors (Lipinski definition) is 3.